The van der Waals surface area contributed by atoms with Crippen molar-refractivity contribution in [1.29, 1.82) is 0 Å². The van der Waals surface area contributed by atoms with Gasteiger partial charge in [0.1, 0.15) is 0 Å². The van der Waals surface area contributed by atoms with Crippen LogP contribution in [0.4, 0.5) is 0 Å². The van der Waals surface area contributed by atoms with E-state index in [1.165, 1.54) is 110 Å². The summed E-state index contributed by atoms with van der Waals surface area (Å²) in [5.74, 6) is 0. The lowest BCUT2D eigenvalue weighted by atomic mass is 9.86. The molecule has 0 amide bonds. The summed E-state index contributed by atoms with van der Waals surface area (Å²) < 4.78 is 4.97. The summed E-state index contributed by atoms with van der Waals surface area (Å²) in [5.41, 5.74) is 12.2. The maximum absolute atomic E-state index is 2.55. The number of hydrogen-bond donors (Lipinski definition) is 0. The van der Waals surface area contributed by atoms with Gasteiger partial charge in [0, 0.05) is 38.0 Å². The fraction of sp³-hybridized carbons (Fsp3) is 0. The van der Waals surface area contributed by atoms with Crippen LogP contribution in [0.2, 0.25) is 0 Å². The van der Waals surface area contributed by atoms with E-state index in [0.29, 0.717) is 0 Å². The van der Waals surface area contributed by atoms with Gasteiger partial charge >= 0.3 is 0 Å². The summed E-state index contributed by atoms with van der Waals surface area (Å²) in [4.78, 5) is 0. The number of para-hydroxylation sites is 3. The molecule has 0 saturated carbocycles. The van der Waals surface area contributed by atoms with Gasteiger partial charge in [-0.2, -0.15) is 0 Å². The molecule has 12 aromatic rings. The summed E-state index contributed by atoms with van der Waals surface area (Å²) in [5, 5.41) is 12.4. The van der Waals surface area contributed by atoms with Gasteiger partial charge in [0.25, 0.3) is 0 Å². The maximum atomic E-state index is 2.55. The molecule has 2 nitrogen and oxygen atoms in total. The first-order valence-electron chi connectivity index (χ1n) is 19.4. The average molecular weight is 711 g/mol. The Morgan fingerprint density at radius 1 is 0.250 bits per heavy atom. The van der Waals surface area contributed by atoms with Crippen LogP contribution in [-0.2, 0) is 0 Å². The van der Waals surface area contributed by atoms with Gasteiger partial charge in [0.05, 0.1) is 27.8 Å². The highest BCUT2D eigenvalue weighted by molar-refractivity contribution is 6.25. The van der Waals surface area contributed by atoms with E-state index in [-0.39, 0.29) is 0 Å². The molecule has 0 fully saturated rings. The predicted molar refractivity (Wildman–Crippen MR) is 239 cm³/mol. The van der Waals surface area contributed by atoms with Gasteiger partial charge in [-0.1, -0.05) is 170 Å². The van der Waals surface area contributed by atoms with Crippen molar-refractivity contribution in [2.24, 2.45) is 0 Å². The second-order valence-electron chi connectivity index (χ2n) is 14.8. The van der Waals surface area contributed by atoms with Gasteiger partial charge in [-0.15, -0.1) is 0 Å². The lowest BCUT2D eigenvalue weighted by Crippen LogP contribution is -1.99. The van der Waals surface area contributed by atoms with Gasteiger partial charge in [-0.05, 0) is 80.2 Å². The Hall–Kier alpha value is -7.42. The smallest absolute Gasteiger partial charge is 0.0619 e. The molecule has 2 heterocycles. The molecular formula is C54H34N2. The molecule has 0 aliphatic carbocycles. The normalized spacial score (nSPS) is 11.9. The highest BCUT2D eigenvalue weighted by atomic mass is 15.0. The summed E-state index contributed by atoms with van der Waals surface area (Å²) in [6, 6.07) is 75.7. The van der Waals surface area contributed by atoms with E-state index in [4.69, 9.17) is 0 Å². The molecule has 0 atom stereocenters. The van der Waals surface area contributed by atoms with Crippen LogP contribution in [0.15, 0.2) is 206 Å². The minimum Gasteiger partial charge on any atom is -0.309 e. The van der Waals surface area contributed by atoms with Crippen LogP contribution in [0.3, 0.4) is 0 Å². The Morgan fingerprint density at radius 3 is 1.25 bits per heavy atom. The van der Waals surface area contributed by atoms with Crippen molar-refractivity contribution in [1.82, 2.24) is 9.13 Å². The number of benzene rings is 10. The highest BCUT2D eigenvalue weighted by Crippen LogP contribution is 2.47. The number of hydrogen-bond acceptors (Lipinski definition) is 0. The number of rotatable bonds is 4. The molecule has 0 saturated heterocycles. The zero-order valence-corrected chi connectivity index (χ0v) is 30.5. The molecule has 0 unspecified atom stereocenters. The molecule has 0 bridgehead atoms. The van der Waals surface area contributed by atoms with Crippen LogP contribution in [0, 0.1) is 0 Å². The van der Waals surface area contributed by atoms with Gasteiger partial charge in [-0.3, -0.25) is 0 Å². The maximum Gasteiger partial charge on any atom is 0.0619 e. The first-order valence-corrected chi connectivity index (χ1v) is 19.4. The second-order valence-corrected chi connectivity index (χ2v) is 14.8. The van der Waals surface area contributed by atoms with Crippen molar-refractivity contribution in [3.8, 4) is 33.6 Å². The monoisotopic (exact) mass is 710 g/mol. The van der Waals surface area contributed by atoms with Crippen LogP contribution in [0.5, 0.6) is 0 Å². The Kier molecular flexibility index (Phi) is 6.66. The largest absolute Gasteiger partial charge is 0.309 e. The Bertz CT molecular complexity index is 3460. The van der Waals surface area contributed by atoms with Gasteiger partial charge in [0.15, 0.2) is 0 Å². The molecule has 0 aliphatic heterocycles. The van der Waals surface area contributed by atoms with Crippen LogP contribution in [-0.4, -0.2) is 9.13 Å². The minimum absolute atomic E-state index is 1.17. The molecule has 2 heteroatoms. The molecule has 0 spiro atoms. The molecule has 10 aromatic carbocycles. The molecule has 12 rings (SSSR count). The summed E-state index contributed by atoms with van der Waals surface area (Å²) >= 11 is 0. The summed E-state index contributed by atoms with van der Waals surface area (Å²) in [6.45, 7) is 0. The fourth-order valence-corrected chi connectivity index (χ4v) is 9.55. The van der Waals surface area contributed by atoms with Crippen LogP contribution in [0.1, 0.15) is 0 Å². The molecule has 2 aromatic heterocycles. The number of fused-ring (bicyclic) bond motifs is 9. The van der Waals surface area contributed by atoms with E-state index in [1.54, 1.807) is 0 Å². The van der Waals surface area contributed by atoms with Gasteiger partial charge in [0.2, 0.25) is 0 Å². The zero-order chi connectivity index (χ0) is 36.7. The van der Waals surface area contributed by atoms with Crippen molar-refractivity contribution in [3.05, 3.63) is 206 Å². The topological polar surface area (TPSA) is 9.86 Å². The first kappa shape index (κ1) is 31.0. The van der Waals surface area contributed by atoms with E-state index in [0.717, 1.165) is 0 Å². The molecule has 56 heavy (non-hydrogen) atoms. The Balaban J connectivity index is 1.21. The predicted octanol–water partition coefficient (Wildman–Crippen LogP) is 14.7. The summed E-state index contributed by atoms with van der Waals surface area (Å²) in [7, 11) is 0. The molecule has 260 valence electrons. The third-order valence-corrected chi connectivity index (χ3v) is 11.9. The quantitative estimate of drug-likeness (QED) is 0.161. The Morgan fingerprint density at radius 2 is 0.661 bits per heavy atom. The third-order valence-electron chi connectivity index (χ3n) is 11.9. The van der Waals surface area contributed by atoms with E-state index in [2.05, 4.69) is 215 Å². The Labute approximate surface area is 323 Å². The highest BCUT2D eigenvalue weighted by Gasteiger charge is 2.23. The van der Waals surface area contributed by atoms with Crippen molar-refractivity contribution < 1.29 is 0 Å². The van der Waals surface area contributed by atoms with Crippen molar-refractivity contribution in [3.63, 3.8) is 0 Å². The second kappa shape index (κ2) is 12.0. The standard InChI is InChI=1S/C54H34N2/c1-3-17-35(18-4-1)37-31-32-44(39-22-8-7-21-38(37)39)53-42-25-9-11-27-45(42)54(46-28-12-10-26-43(46)53)56-50-30-16-14-24-41(50)48-33-51-47(34-52(48)56)40-23-13-15-29-49(40)55(51)36-19-5-2-6-20-36/h1-34H. The molecule has 0 aliphatic rings. The van der Waals surface area contributed by atoms with Gasteiger partial charge in [-0.25, -0.2) is 0 Å². The van der Waals surface area contributed by atoms with Crippen LogP contribution >= 0.6 is 0 Å². The van der Waals surface area contributed by atoms with E-state index in [9.17, 15) is 0 Å². The van der Waals surface area contributed by atoms with Crippen LogP contribution < -0.4 is 0 Å². The van der Waals surface area contributed by atoms with E-state index < -0.39 is 0 Å². The lowest BCUT2D eigenvalue weighted by molar-refractivity contribution is 1.18. The summed E-state index contributed by atoms with van der Waals surface area (Å²) in [6.07, 6.45) is 0. The third kappa shape index (κ3) is 4.38. The minimum atomic E-state index is 1.17. The zero-order valence-electron chi connectivity index (χ0n) is 30.5. The number of nitrogens with zero attached hydrogens (tertiary/aromatic N) is 2. The van der Waals surface area contributed by atoms with Crippen molar-refractivity contribution in [2.75, 3.05) is 0 Å². The lowest BCUT2D eigenvalue weighted by Gasteiger charge is -2.21. The van der Waals surface area contributed by atoms with E-state index >= 15 is 0 Å². The SMILES string of the molecule is c1ccc(-c2ccc(-c3c4ccccc4c(-n4c5ccccc5c5cc6c(cc54)c4ccccc4n6-c4ccccc4)c4ccccc34)c3ccccc23)cc1. The van der Waals surface area contributed by atoms with Crippen molar-refractivity contribution >= 4 is 75.9 Å². The van der Waals surface area contributed by atoms with E-state index in [1.807, 2.05) is 0 Å². The van der Waals surface area contributed by atoms with Crippen molar-refractivity contribution in [2.45, 2.75) is 0 Å². The fourth-order valence-electron chi connectivity index (χ4n) is 9.55. The molecule has 0 radical (unpaired) electrons. The first-order chi connectivity index (χ1) is 27.8. The molecule has 0 N–H and O–H groups in total. The van der Waals surface area contributed by atoms with Gasteiger partial charge < -0.3 is 9.13 Å². The van der Waals surface area contributed by atoms with Crippen LogP contribution in [0.25, 0.3) is 110 Å². The average Bonchev–Trinajstić information content (AvgIpc) is 3.77. The number of aromatic nitrogens is 2. The molecular weight excluding hydrogens is 677 g/mol.